The van der Waals surface area contributed by atoms with E-state index in [9.17, 15) is 4.79 Å². The van der Waals surface area contributed by atoms with Crippen LogP contribution >= 0.6 is 0 Å². The second kappa shape index (κ2) is 6.83. The van der Waals surface area contributed by atoms with Crippen molar-refractivity contribution in [1.82, 2.24) is 10.2 Å². The molecule has 2 heterocycles. The van der Waals surface area contributed by atoms with Gasteiger partial charge in [-0.15, -0.1) is 0 Å². The number of morpholine rings is 1. The van der Waals surface area contributed by atoms with E-state index in [0.717, 1.165) is 13.1 Å². The van der Waals surface area contributed by atoms with Gasteiger partial charge in [0.1, 0.15) is 0 Å². The second-order valence-electron chi connectivity index (χ2n) is 7.43. The molecule has 2 aliphatic rings. The molecule has 6 nitrogen and oxygen atoms in total. The maximum atomic E-state index is 12.4. The summed E-state index contributed by atoms with van der Waals surface area (Å²) in [5, 5.41) is 3.06. The number of carbonyl (C=O) groups excluding carboxylic acids is 1. The van der Waals surface area contributed by atoms with E-state index in [4.69, 9.17) is 15.2 Å². The average Bonchev–Trinajstić information content (AvgIpc) is 2.44. The number of ether oxygens (including phenoxy) is 2. The zero-order valence-corrected chi connectivity index (χ0v) is 14.4. The summed E-state index contributed by atoms with van der Waals surface area (Å²) in [6.07, 6.45) is 1.61. The highest BCUT2D eigenvalue weighted by atomic mass is 16.5. The normalized spacial score (nSPS) is 30.0. The van der Waals surface area contributed by atoms with Crippen LogP contribution in [0.1, 0.15) is 40.5 Å². The molecule has 128 valence electrons. The maximum absolute atomic E-state index is 12.4. The molecule has 0 spiro atoms. The van der Waals surface area contributed by atoms with Crippen molar-refractivity contribution in [2.75, 3.05) is 32.8 Å². The average molecular weight is 313 g/mol. The maximum Gasteiger partial charge on any atom is 0.240 e. The minimum Gasteiger partial charge on any atom is -0.381 e. The molecule has 0 bridgehead atoms. The van der Waals surface area contributed by atoms with Gasteiger partial charge in [0.05, 0.1) is 17.7 Å². The predicted molar refractivity (Wildman–Crippen MR) is 85.6 cm³/mol. The molecular weight excluding hydrogens is 282 g/mol. The topological polar surface area (TPSA) is 76.8 Å². The van der Waals surface area contributed by atoms with E-state index in [1.54, 1.807) is 0 Å². The molecule has 2 aliphatic heterocycles. The highest BCUT2D eigenvalue weighted by Gasteiger charge is 2.38. The summed E-state index contributed by atoms with van der Waals surface area (Å²) in [6.45, 7) is 12.0. The Morgan fingerprint density at radius 1 is 1.27 bits per heavy atom. The summed E-state index contributed by atoms with van der Waals surface area (Å²) in [5.41, 5.74) is 5.33. The Morgan fingerprint density at radius 3 is 2.36 bits per heavy atom. The lowest BCUT2D eigenvalue weighted by Crippen LogP contribution is -2.62. The van der Waals surface area contributed by atoms with E-state index in [1.807, 2.05) is 0 Å². The standard InChI is InChI=1S/C16H31N3O3/c1-12-9-19(10-13(2)22-12)15(3,4)11-18-14(20)16(17)5-7-21-8-6-16/h12-13H,5-11,17H2,1-4H3,(H,18,20). The molecule has 0 radical (unpaired) electrons. The van der Waals surface area contributed by atoms with E-state index in [-0.39, 0.29) is 23.7 Å². The fourth-order valence-electron chi connectivity index (χ4n) is 3.22. The molecule has 0 aromatic heterocycles. The van der Waals surface area contributed by atoms with Crippen LogP contribution in [0.3, 0.4) is 0 Å². The monoisotopic (exact) mass is 313 g/mol. The van der Waals surface area contributed by atoms with Gasteiger partial charge in [-0.25, -0.2) is 0 Å². The van der Waals surface area contributed by atoms with Gasteiger partial charge in [-0.1, -0.05) is 0 Å². The third kappa shape index (κ3) is 4.19. The zero-order valence-electron chi connectivity index (χ0n) is 14.4. The van der Waals surface area contributed by atoms with Gasteiger partial charge in [-0.2, -0.15) is 0 Å². The van der Waals surface area contributed by atoms with Crippen molar-refractivity contribution in [1.29, 1.82) is 0 Å². The molecule has 2 saturated heterocycles. The van der Waals surface area contributed by atoms with Gasteiger partial charge in [0.2, 0.25) is 5.91 Å². The van der Waals surface area contributed by atoms with Gasteiger partial charge in [0.25, 0.3) is 0 Å². The first-order chi connectivity index (χ1) is 10.2. The molecule has 2 fully saturated rings. The molecular formula is C16H31N3O3. The minimum atomic E-state index is -0.778. The summed E-state index contributed by atoms with van der Waals surface area (Å²) in [5.74, 6) is -0.0572. The SMILES string of the molecule is CC1CN(C(C)(C)CNC(=O)C2(N)CCOCC2)CC(C)O1. The third-order valence-electron chi connectivity index (χ3n) is 4.79. The van der Waals surface area contributed by atoms with Gasteiger partial charge < -0.3 is 20.5 Å². The third-order valence-corrected chi connectivity index (χ3v) is 4.79. The van der Waals surface area contributed by atoms with Gasteiger partial charge in [0.15, 0.2) is 0 Å². The van der Waals surface area contributed by atoms with Gasteiger partial charge in [-0.05, 0) is 40.5 Å². The number of amides is 1. The predicted octanol–water partition coefficient (Wildman–Crippen LogP) is 0.498. The molecule has 6 heteroatoms. The lowest BCUT2D eigenvalue weighted by atomic mass is 9.90. The molecule has 0 saturated carbocycles. The number of nitrogens with one attached hydrogen (secondary N) is 1. The first kappa shape index (κ1) is 17.7. The van der Waals surface area contributed by atoms with Gasteiger partial charge in [-0.3, -0.25) is 9.69 Å². The van der Waals surface area contributed by atoms with Crippen molar-refractivity contribution in [3.63, 3.8) is 0 Å². The molecule has 0 aromatic rings. The van der Waals surface area contributed by atoms with E-state index in [0.29, 0.717) is 32.6 Å². The Labute approximate surface area is 133 Å². The van der Waals surface area contributed by atoms with Crippen molar-refractivity contribution in [2.45, 2.75) is 63.8 Å². The van der Waals surface area contributed by atoms with Crippen LogP contribution < -0.4 is 11.1 Å². The van der Waals surface area contributed by atoms with E-state index >= 15 is 0 Å². The molecule has 2 unspecified atom stereocenters. The lowest BCUT2D eigenvalue weighted by molar-refractivity contribution is -0.131. The molecule has 0 aromatic carbocycles. The number of rotatable bonds is 4. The Kier molecular flexibility index (Phi) is 5.48. The van der Waals surface area contributed by atoms with Crippen molar-refractivity contribution >= 4 is 5.91 Å². The number of nitrogens with zero attached hydrogens (tertiary/aromatic N) is 1. The fraction of sp³-hybridized carbons (Fsp3) is 0.938. The molecule has 2 atom stereocenters. The van der Waals surface area contributed by atoms with Crippen molar-refractivity contribution in [3.8, 4) is 0 Å². The fourth-order valence-corrected chi connectivity index (χ4v) is 3.22. The molecule has 3 N–H and O–H groups in total. The second-order valence-corrected chi connectivity index (χ2v) is 7.43. The van der Waals surface area contributed by atoms with Crippen LogP contribution in [0.15, 0.2) is 0 Å². The minimum absolute atomic E-state index is 0.0572. The quantitative estimate of drug-likeness (QED) is 0.790. The highest BCUT2D eigenvalue weighted by molar-refractivity contribution is 5.86. The van der Waals surface area contributed by atoms with E-state index in [1.165, 1.54) is 0 Å². The number of hydrogen-bond acceptors (Lipinski definition) is 5. The van der Waals surface area contributed by atoms with Crippen LogP contribution in [0.2, 0.25) is 0 Å². The van der Waals surface area contributed by atoms with Gasteiger partial charge in [0, 0.05) is 38.4 Å². The number of hydrogen-bond donors (Lipinski definition) is 2. The van der Waals surface area contributed by atoms with Crippen LogP contribution in [0.5, 0.6) is 0 Å². The van der Waals surface area contributed by atoms with Crippen LogP contribution in [0.25, 0.3) is 0 Å². The van der Waals surface area contributed by atoms with Crippen LogP contribution in [-0.2, 0) is 14.3 Å². The lowest BCUT2D eigenvalue weighted by Gasteiger charge is -2.45. The Bertz CT molecular complexity index is 384. The highest BCUT2D eigenvalue weighted by Crippen LogP contribution is 2.22. The number of nitrogens with two attached hydrogens (primary N) is 1. The molecule has 2 rings (SSSR count). The van der Waals surface area contributed by atoms with Crippen molar-refractivity contribution in [2.24, 2.45) is 5.73 Å². The van der Waals surface area contributed by atoms with E-state index < -0.39 is 5.54 Å². The summed E-state index contributed by atoms with van der Waals surface area (Å²) in [4.78, 5) is 14.8. The largest absolute Gasteiger partial charge is 0.381 e. The van der Waals surface area contributed by atoms with Crippen molar-refractivity contribution < 1.29 is 14.3 Å². The van der Waals surface area contributed by atoms with Crippen molar-refractivity contribution in [3.05, 3.63) is 0 Å². The molecule has 22 heavy (non-hydrogen) atoms. The Morgan fingerprint density at radius 2 is 1.82 bits per heavy atom. The van der Waals surface area contributed by atoms with Crippen LogP contribution in [-0.4, -0.2) is 66.9 Å². The summed E-state index contributed by atoms with van der Waals surface area (Å²) in [6, 6.07) is 0. The van der Waals surface area contributed by atoms with E-state index in [2.05, 4.69) is 37.9 Å². The summed E-state index contributed by atoms with van der Waals surface area (Å²) < 4.78 is 11.1. The summed E-state index contributed by atoms with van der Waals surface area (Å²) >= 11 is 0. The van der Waals surface area contributed by atoms with Crippen LogP contribution in [0, 0.1) is 0 Å². The summed E-state index contributed by atoms with van der Waals surface area (Å²) in [7, 11) is 0. The Balaban J connectivity index is 1.90. The zero-order chi connectivity index (χ0) is 16.4. The Hall–Kier alpha value is -0.690. The first-order valence-electron chi connectivity index (χ1n) is 8.28. The molecule has 1 amide bonds. The first-order valence-corrected chi connectivity index (χ1v) is 8.28. The molecule has 0 aliphatic carbocycles. The van der Waals surface area contributed by atoms with Crippen LogP contribution in [0.4, 0.5) is 0 Å². The number of carbonyl (C=O) groups is 1. The smallest absolute Gasteiger partial charge is 0.240 e. The van der Waals surface area contributed by atoms with Gasteiger partial charge >= 0.3 is 0 Å².